The lowest BCUT2D eigenvalue weighted by atomic mass is 10.2. The van der Waals surface area contributed by atoms with Crippen molar-refractivity contribution in [1.82, 2.24) is 20.1 Å². The Labute approximate surface area is 236 Å². The number of carbonyl (C=O) groups is 2. The van der Waals surface area contributed by atoms with Gasteiger partial charge in [-0.3, -0.25) is 9.59 Å². The van der Waals surface area contributed by atoms with Gasteiger partial charge in [0.1, 0.15) is 11.6 Å². The highest BCUT2D eigenvalue weighted by molar-refractivity contribution is 6.40. The van der Waals surface area contributed by atoms with Crippen molar-refractivity contribution in [2.75, 3.05) is 39.8 Å². The van der Waals surface area contributed by atoms with Gasteiger partial charge in [-0.1, -0.05) is 65.1 Å². The van der Waals surface area contributed by atoms with Crippen molar-refractivity contribution < 1.29 is 19.1 Å². The standard InChI is InChI=1S/C27H27Cl3N4O4/c1-33-10-12-34(13-11-33)27(36)23(17-37-16-18-6-3-2-4-7-18)32-25(35)20-8-5-9-31-26(20)38-24-21(29)14-19(28)15-22(24)30/h2-9,14-15,23H,10-13,16-17H2,1H3,(H,32,35). The van der Waals surface area contributed by atoms with Gasteiger partial charge >= 0.3 is 0 Å². The number of nitrogens with zero attached hydrogens (tertiary/aromatic N) is 3. The van der Waals surface area contributed by atoms with Gasteiger partial charge in [0.05, 0.1) is 23.3 Å². The van der Waals surface area contributed by atoms with Crippen molar-refractivity contribution in [3.63, 3.8) is 0 Å². The Morgan fingerprint density at radius 3 is 2.37 bits per heavy atom. The third-order valence-electron chi connectivity index (χ3n) is 5.99. The summed E-state index contributed by atoms with van der Waals surface area (Å²) in [7, 11) is 2.01. The summed E-state index contributed by atoms with van der Waals surface area (Å²) in [5.74, 6) is -0.673. The molecular formula is C27H27Cl3N4O4. The Kier molecular flexibility index (Phi) is 9.82. The molecule has 8 nitrogen and oxygen atoms in total. The van der Waals surface area contributed by atoms with Crippen LogP contribution in [0.4, 0.5) is 0 Å². The van der Waals surface area contributed by atoms with Crippen LogP contribution in [0.1, 0.15) is 15.9 Å². The highest BCUT2D eigenvalue weighted by Crippen LogP contribution is 2.38. The second-order valence-corrected chi connectivity index (χ2v) is 10.1. The summed E-state index contributed by atoms with van der Waals surface area (Å²) in [6.45, 7) is 2.93. The molecule has 1 unspecified atom stereocenters. The molecule has 1 N–H and O–H groups in total. The zero-order valence-electron chi connectivity index (χ0n) is 20.7. The summed E-state index contributed by atoms with van der Waals surface area (Å²) in [6.07, 6.45) is 1.47. The topological polar surface area (TPSA) is 84.0 Å². The maximum absolute atomic E-state index is 13.4. The summed E-state index contributed by atoms with van der Waals surface area (Å²) in [6, 6.07) is 14.8. The lowest BCUT2D eigenvalue weighted by Crippen LogP contribution is -2.55. The number of likely N-dealkylation sites (N-methyl/N-ethyl adjacent to an activating group) is 1. The second kappa shape index (κ2) is 13.3. The Morgan fingerprint density at radius 1 is 1.00 bits per heavy atom. The monoisotopic (exact) mass is 576 g/mol. The molecule has 2 aromatic carbocycles. The quantitative estimate of drug-likeness (QED) is 0.389. The fraction of sp³-hybridized carbons (Fsp3) is 0.296. The number of ether oxygens (including phenoxy) is 2. The predicted molar refractivity (Wildman–Crippen MR) is 147 cm³/mol. The molecule has 3 aromatic rings. The van der Waals surface area contributed by atoms with E-state index in [4.69, 9.17) is 44.3 Å². The van der Waals surface area contributed by atoms with Gasteiger partial charge in [0.25, 0.3) is 5.91 Å². The van der Waals surface area contributed by atoms with Crippen LogP contribution < -0.4 is 10.1 Å². The van der Waals surface area contributed by atoms with Crippen LogP contribution in [0.5, 0.6) is 11.6 Å². The average Bonchev–Trinajstić information content (AvgIpc) is 2.91. The fourth-order valence-corrected chi connectivity index (χ4v) is 4.79. The van der Waals surface area contributed by atoms with Crippen LogP contribution in [0, 0.1) is 0 Å². The van der Waals surface area contributed by atoms with Crippen molar-refractivity contribution in [3.05, 3.63) is 87.0 Å². The van der Waals surface area contributed by atoms with E-state index in [9.17, 15) is 9.59 Å². The van der Waals surface area contributed by atoms with Gasteiger partial charge in [0.2, 0.25) is 11.8 Å². The summed E-state index contributed by atoms with van der Waals surface area (Å²) in [4.78, 5) is 34.9. The van der Waals surface area contributed by atoms with Crippen molar-refractivity contribution in [2.45, 2.75) is 12.6 Å². The lowest BCUT2D eigenvalue weighted by molar-refractivity contribution is -0.136. The Bertz CT molecular complexity index is 1250. The van der Waals surface area contributed by atoms with Crippen LogP contribution in [0.2, 0.25) is 15.1 Å². The van der Waals surface area contributed by atoms with Gasteiger partial charge in [0, 0.05) is 37.4 Å². The molecule has 200 valence electrons. The van der Waals surface area contributed by atoms with Crippen LogP contribution in [0.15, 0.2) is 60.8 Å². The van der Waals surface area contributed by atoms with Crippen LogP contribution >= 0.6 is 34.8 Å². The normalized spacial score (nSPS) is 14.7. The number of hydrogen-bond acceptors (Lipinski definition) is 6. The average molecular weight is 578 g/mol. The van der Waals surface area contributed by atoms with E-state index in [-0.39, 0.29) is 39.8 Å². The van der Waals surface area contributed by atoms with E-state index in [0.29, 0.717) is 24.7 Å². The highest BCUT2D eigenvalue weighted by Gasteiger charge is 2.30. The number of nitrogens with one attached hydrogen (secondary N) is 1. The fourth-order valence-electron chi connectivity index (χ4n) is 3.89. The van der Waals surface area contributed by atoms with Gasteiger partial charge in [0.15, 0.2) is 5.75 Å². The van der Waals surface area contributed by atoms with E-state index < -0.39 is 11.9 Å². The molecule has 0 bridgehead atoms. The van der Waals surface area contributed by atoms with Gasteiger partial charge in [-0.25, -0.2) is 4.98 Å². The van der Waals surface area contributed by atoms with Gasteiger partial charge in [-0.2, -0.15) is 0 Å². The number of carbonyl (C=O) groups excluding carboxylic acids is 2. The van der Waals surface area contributed by atoms with Crippen LogP contribution in [0.25, 0.3) is 0 Å². The molecule has 38 heavy (non-hydrogen) atoms. The number of rotatable bonds is 9. The molecule has 0 spiro atoms. The van der Waals surface area contributed by atoms with Gasteiger partial charge in [-0.05, 0) is 36.9 Å². The predicted octanol–water partition coefficient (Wildman–Crippen LogP) is 4.92. The smallest absolute Gasteiger partial charge is 0.257 e. The maximum atomic E-state index is 13.4. The van der Waals surface area contributed by atoms with Crippen LogP contribution in [0.3, 0.4) is 0 Å². The van der Waals surface area contributed by atoms with Gasteiger partial charge in [-0.15, -0.1) is 0 Å². The molecule has 2 heterocycles. The van der Waals surface area contributed by atoms with Crippen molar-refractivity contribution in [3.8, 4) is 11.6 Å². The maximum Gasteiger partial charge on any atom is 0.257 e. The van der Waals surface area contributed by atoms with Crippen molar-refractivity contribution >= 4 is 46.6 Å². The first kappa shape index (κ1) is 28.1. The minimum atomic E-state index is -0.912. The van der Waals surface area contributed by atoms with Crippen LogP contribution in [-0.2, 0) is 16.1 Å². The number of pyridine rings is 1. The van der Waals surface area contributed by atoms with Crippen molar-refractivity contribution in [1.29, 1.82) is 0 Å². The molecule has 0 saturated carbocycles. The first-order chi connectivity index (χ1) is 18.3. The molecule has 1 aliphatic rings. The third kappa shape index (κ3) is 7.36. The number of piperazine rings is 1. The molecule has 2 amide bonds. The summed E-state index contributed by atoms with van der Waals surface area (Å²) >= 11 is 18.5. The Morgan fingerprint density at radius 2 is 1.68 bits per heavy atom. The number of benzene rings is 2. The first-order valence-electron chi connectivity index (χ1n) is 12.0. The van der Waals surface area contributed by atoms with E-state index in [1.54, 1.807) is 11.0 Å². The largest absolute Gasteiger partial charge is 0.435 e. The van der Waals surface area contributed by atoms with E-state index >= 15 is 0 Å². The minimum Gasteiger partial charge on any atom is -0.435 e. The summed E-state index contributed by atoms with van der Waals surface area (Å²) in [5.41, 5.74) is 1.07. The number of aromatic nitrogens is 1. The number of amides is 2. The summed E-state index contributed by atoms with van der Waals surface area (Å²) in [5, 5.41) is 3.48. The molecule has 11 heteroatoms. The molecule has 0 radical (unpaired) electrons. The minimum absolute atomic E-state index is 0.00288. The van der Waals surface area contributed by atoms with E-state index in [1.807, 2.05) is 37.4 Å². The highest BCUT2D eigenvalue weighted by atomic mass is 35.5. The third-order valence-corrected chi connectivity index (χ3v) is 6.77. The Hall–Kier alpha value is -2.88. The summed E-state index contributed by atoms with van der Waals surface area (Å²) < 4.78 is 11.7. The van der Waals surface area contributed by atoms with E-state index in [1.165, 1.54) is 24.4 Å². The Balaban J connectivity index is 1.52. The molecule has 1 atom stereocenters. The molecule has 1 saturated heterocycles. The van der Waals surface area contributed by atoms with Crippen LogP contribution in [-0.4, -0.2) is 72.5 Å². The first-order valence-corrected chi connectivity index (χ1v) is 13.1. The SMILES string of the molecule is CN1CCN(C(=O)C(COCc2ccccc2)NC(=O)c2cccnc2Oc2c(Cl)cc(Cl)cc2Cl)CC1. The molecule has 1 fully saturated rings. The molecule has 1 aromatic heterocycles. The lowest BCUT2D eigenvalue weighted by Gasteiger charge is -2.34. The molecule has 0 aliphatic carbocycles. The van der Waals surface area contributed by atoms with Gasteiger partial charge < -0.3 is 24.6 Å². The zero-order valence-corrected chi connectivity index (χ0v) is 23.0. The molecule has 1 aliphatic heterocycles. The number of halogens is 3. The second-order valence-electron chi connectivity index (χ2n) is 8.81. The van der Waals surface area contributed by atoms with E-state index in [2.05, 4.69) is 15.2 Å². The molecule has 4 rings (SSSR count). The molecular weight excluding hydrogens is 551 g/mol. The zero-order chi connectivity index (χ0) is 27.1. The van der Waals surface area contributed by atoms with E-state index in [0.717, 1.165) is 18.7 Å². The van der Waals surface area contributed by atoms with Crippen molar-refractivity contribution in [2.24, 2.45) is 0 Å². The number of hydrogen-bond donors (Lipinski definition) is 1.